The molecule has 0 amide bonds. The Morgan fingerprint density at radius 1 is 1.29 bits per heavy atom. The second-order valence-electron chi connectivity index (χ2n) is 5.70. The number of benzene rings is 1. The molecule has 0 heterocycles. The lowest BCUT2D eigenvalue weighted by molar-refractivity contribution is 0.0696. The zero-order valence-corrected chi connectivity index (χ0v) is 12.1. The summed E-state index contributed by atoms with van der Waals surface area (Å²) < 4.78 is 40.7. The van der Waals surface area contributed by atoms with Crippen LogP contribution in [-0.4, -0.2) is 36.4 Å². The van der Waals surface area contributed by atoms with Crippen LogP contribution in [-0.2, 0) is 10.0 Å². The topological polar surface area (TPSA) is 74.7 Å². The van der Waals surface area contributed by atoms with E-state index in [1.54, 1.807) is 0 Å². The Hall–Kier alpha value is -1.47. The van der Waals surface area contributed by atoms with Gasteiger partial charge in [-0.25, -0.2) is 17.6 Å². The van der Waals surface area contributed by atoms with Crippen LogP contribution in [0.15, 0.2) is 23.1 Å². The van der Waals surface area contributed by atoms with Crippen molar-refractivity contribution in [3.63, 3.8) is 0 Å². The number of halogens is 1. The van der Waals surface area contributed by atoms with Crippen LogP contribution < -0.4 is 0 Å². The third kappa shape index (κ3) is 2.94. The Morgan fingerprint density at radius 2 is 1.95 bits per heavy atom. The van der Waals surface area contributed by atoms with Gasteiger partial charge in [0.25, 0.3) is 0 Å². The number of hydrogen-bond acceptors (Lipinski definition) is 3. The van der Waals surface area contributed by atoms with E-state index in [2.05, 4.69) is 0 Å². The van der Waals surface area contributed by atoms with Crippen molar-refractivity contribution in [3.05, 3.63) is 29.6 Å². The van der Waals surface area contributed by atoms with Crippen molar-refractivity contribution in [2.45, 2.75) is 36.6 Å². The highest BCUT2D eigenvalue weighted by atomic mass is 32.2. The fourth-order valence-electron chi connectivity index (χ4n) is 2.33. The van der Waals surface area contributed by atoms with E-state index < -0.39 is 26.7 Å². The molecule has 0 radical (unpaired) electrons. The predicted octanol–water partition coefficient (Wildman–Crippen LogP) is 2.09. The number of carbonyl (C=O) groups is 1. The lowest BCUT2D eigenvalue weighted by Gasteiger charge is -2.22. The molecule has 7 heteroatoms. The Morgan fingerprint density at radius 3 is 2.43 bits per heavy atom. The van der Waals surface area contributed by atoms with Crippen LogP contribution in [0.4, 0.5) is 4.39 Å². The SMILES string of the molecule is O=C(O)c1ccc(S(=O)(=O)N(CC2CC2)C2CC2)c(F)c1. The predicted molar refractivity (Wildman–Crippen MR) is 73.0 cm³/mol. The van der Waals surface area contributed by atoms with E-state index in [9.17, 15) is 17.6 Å². The van der Waals surface area contributed by atoms with Gasteiger partial charge in [0.2, 0.25) is 10.0 Å². The molecule has 0 aromatic heterocycles. The fraction of sp³-hybridized carbons (Fsp3) is 0.500. The normalized spacial score (nSPS) is 19.0. The van der Waals surface area contributed by atoms with Crippen LogP contribution >= 0.6 is 0 Å². The molecule has 2 aliphatic rings. The Bertz CT molecular complexity index is 680. The van der Waals surface area contributed by atoms with Gasteiger partial charge in [-0.05, 0) is 49.8 Å². The summed E-state index contributed by atoms with van der Waals surface area (Å²) in [6.07, 6.45) is 3.64. The maximum atomic E-state index is 14.0. The number of hydrogen-bond donors (Lipinski definition) is 1. The summed E-state index contributed by atoms with van der Waals surface area (Å²) in [5, 5.41) is 8.81. The first-order valence-corrected chi connectivity index (χ1v) is 8.38. The Balaban J connectivity index is 1.94. The van der Waals surface area contributed by atoms with Gasteiger partial charge in [0.15, 0.2) is 0 Å². The molecule has 21 heavy (non-hydrogen) atoms. The van der Waals surface area contributed by atoms with E-state index >= 15 is 0 Å². The van der Waals surface area contributed by atoms with Crippen molar-refractivity contribution in [1.82, 2.24) is 4.31 Å². The molecule has 0 atom stereocenters. The van der Waals surface area contributed by atoms with Crippen molar-refractivity contribution >= 4 is 16.0 Å². The number of rotatable bonds is 6. The van der Waals surface area contributed by atoms with Crippen LogP contribution in [0.25, 0.3) is 0 Å². The zero-order valence-electron chi connectivity index (χ0n) is 11.3. The molecule has 3 rings (SSSR count). The summed E-state index contributed by atoms with van der Waals surface area (Å²) in [6, 6.07) is 2.91. The highest BCUT2D eigenvalue weighted by molar-refractivity contribution is 7.89. The second kappa shape index (κ2) is 5.06. The summed E-state index contributed by atoms with van der Waals surface area (Å²) in [5.74, 6) is -1.91. The van der Waals surface area contributed by atoms with Gasteiger partial charge in [0.1, 0.15) is 10.7 Å². The maximum Gasteiger partial charge on any atom is 0.335 e. The van der Waals surface area contributed by atoms with Gasteiger partial charge in [-0.1, -0.05) is 0 Å². The van der Waals surface area contributed by atoms with E-state index in [0.29, 0.717) is 12.5 Å². The van der Waals surface area contributed by atoms with Crippen LogP contribution in [0.5, 0.6) is 0 Å². The van der Waals surface area contributed by atoms with E-state index in [-0.39, 0.29) is 11.6 Å². The molecule has 0 bridgehead atoms. The number of aromatic carboxylic acids is 1. The van der Waals surface area contributed by atoms with E-state index in [1.165, 1.54) is 4.31 Å². The maximum absolute atomic E-state index is 14.0. The molecular formula is C14H16FNO4S. The summed E-state index contributed by atoms with van der Waals surface area (Å²) in [4.78, 5) is 10.4. The van der Waals surface area contributed by atoms with Crippen LogP contribution in [0.3, 0.4) is 0 Å². The van der Waals surface area contributed by atoms with Gasteiger partial charge < -0.3 is 5.11 Å². The van der Waals surface area contributed by atoms with Crippen LogP contribution in [0.1, 0.15) is 36.0 Å². The number of sulfonamides is 1. The molecule has 2 fully saturated rings. The smallest absolute Gasteiger partial charge is 0.335 e. The third-order valence-electron chi connectivity index (χ3n) is 3.85. The summed E-state index contributed by atoms with van der Waals surface area (Å²) in [5.41, 5.74) is -0.258. The highest BCUT2D eigenvalue weighted by Gasteiger charge is 2.42. The lowest BCUT2D eigenvalue weighted by atomic mass is 10.2. The minimum absolute atomic E-state index is 0.0332. The standard InChI is InChI=1S/C14H16FNO4S/c15-12-7-10(14(17)18)3-6-13(12)21(19,20)16(11-4-5-11)8-9-1-2-9/h3,6-7,9,11H,1-2,4-5,8H2,(H,17,18). The first-order chi connectivity index (χ1) is 9.89. The number of nitrogens with zero attached hydrogens (tertiary/aromatic N) is 1. The average molecular weight is 313 g/mol. The van der Waals surface area contributed by atoms with Gasteiger partial charge in [0.05, 0.1) is 5.56 Å². The minimum atomic E-state index is -3.90. The molecule has 0 aliphatic heterocycles. The van der Waals surface area contributed by atoms with Gasteiger partial charge in [0, 0.05) is 12.6 Å². The summed E-state index contributed by atoms with van der Waals surface area (Å²) >= 11 is 0. The quantitative estimate of drug-likeness (QED) is 0.872. The zero-order chi connectivity index (χ0) is 15.2. The first kappa shape index (κ1) is 14.5. The lowest BCUT2D eigenvalue weighted by Crippen LogP contribution is -2.35. The third-order valence-corrected chi connectivity index (χ3v) is 5.81. The van der Waals surface area contributed by atoms with Gasteiger partial charge in [-0.15, -0.1) is 0 Å². The van der Waals surface area contributed by atoms with E-state index in [0.717, 1.165) is 43.9 Å². The summed E-state index contributed by atoms with van der Waals surface area (Å²) in [6.45, 7) is 0.438. The van der Waals surface area contributed by atoms with Crippen LogP contribution in [0, 0.1) is 11.7 Å². The summed E-state index contributed by atoms with van der Waals surface area (Å²) in [7, 11) is -3.90. The van der Waals surface area contributed by atoms with E-state index in [1.807, 2.05) is 0 Å². The molecule has 2 aliphatic carbocycles. The monoisotopic (exact) mass is 313 g/mol. The van der Waals surface area contributed by atoms with Crippen molar-refractivity contribution in [3.8, 4) is 0 Å². The number of carboxylic acid groups (broad SMARTS) is 1. The molecule has 0 unspecified atom stereocenters. The van der Waals surface area contributed by atoms with E-state index in [4.69, 9.17) is 5.11 Å². The van der Waals surface area contributed by atoms with Crippen molar-refractivity contribution < 1.29 is 22.7 Å². The highest BCUT2D eigenvalue weighted by Crippen LogP contribution is 2.38. The van der Waals surface area contributed by atoms with Gasteiger partial charge >= 0.3 is 5.97 Å². The molecule has 114 valence electrons. The molecule has 2 saturated carbocycles. The molecular weight excluding hydrogens is 297 g/mol. The molecule has 0 spiro atoms. The first-order valence-electron chi connectivity index (χ1n) is 6.94. The fourth-order valence-corrected chi connectivity index (χ4v) is 4.14. The van der Waals surface area contributed by atoms with Crippen molar-refractivity contribution in [2.75, 3.05) is 6.54 Å². The Kier molecular flexibility index (Phi) is 3.49. The van der Waals surface area contributed by atoms with Crippen molar-refractivity contribution in [2.24, 2.45) is 5.92 Å². The second-order valence-corrected chi connectivity index (χ2v) is 7.56. The molecule has 1 N–H and O–H groups in total. The van der Waals surface area contributed by atoms with Crippen LogP contribution in [0.2, 0.25) is 0 Å². The number of carboxylic acids is 1. The Labute approximate surface area is 122 Å². The minimum Gasteiger partial charge on any atom is -0.478 e. The molecule has 0 saturated heterocycles. The average Bonchev–Trinajstić information content (AvgIpc) is 3.27. The molecule has 1 aromatic rings. The largest absolute Gasteiger partial charge is 0.478 e. The molecule has 1 aromatic carbocycles. The molecule has 5 nitrogen and oxygen atoms in total. The van der Waals surface area contributed by atoms with Gasteiger partial charge in [-0.2, -0.15) is 4.31 Å². The van der Waals surface area contributed by atoms with Gasteiger partial charge in [-0.3, -0.25) is 0 Å². The van der Waals surface area contributed by atoms with Crippen molar-refractivity contribution in [1.29, 1.82) is 0 Å².